The summed E-state index contributed by atoms with van der Waals surface area (Å²) in [5.74, 6) is -1.25. The number of esters is 1. The molecule has 0 aromatic rings. The fourth-order valence-corrected chi connectivity index (χ4v) is 3.03. The summed E-state index contributed by atoms with van der Waals surface area (Å²) in [7, 11) is 4.78. The van der Waals surface area contributed by atoms with Crippen LogP contribution in [0.25, 0.3) is 0 Å². The highest BCUT2D eigenvalue weighted by molar-refractivity contribution is 6.01. The lowest BCUT2D eigenvalue weighted by atomic mass is 9.88. The highest BCUT2D eigenvalue weighted by Gasteiger charge is 2.54. The molecule has 102 valence electrons. The molecule has 2 saturated heterocycles. The van der Waals surface area contributed by atoms with E-state index in [1.807, 2.05) is 7.05 Å². The Morgan fingerprint density at radius 2 is 2.17 bits per heavy atom. The molecule has 0 aliphatic carbocycles. The number of piperidine rings is 1. The zero-order valence-electron chi connectivity index (χ0n) is 10.9. The van der Waals surface area contributed by atoms with E-state index in [2.05, 4.69) is 4.90 Å². The number of fused-ring (bicyclic) bond motifs is 2. The summed E-state index contributed by atoms with van der Waals surface area (Å²) in [4.78, 5) is 25.8. The van der Waals surface area contributed by atoms with Gasteiger partial charge in [-0.1, -0.05) is 0 Å². The number of hydrogen-bond acceptors (Lipinski definition) is 6. The van der Waals surface area contributed by atoms with Gasteiger partial charge in [-0.3, -0.25) is 14.5 Å². The summed E-state index contributed by atoms with van der Waals surface area (Å²) in [5, 5.41) is 0. The van der Waals surface area contributed by atoms with Crippen molar-refractivity contribution in [3.63, 3.8) is 0 Å². The van der Waals surface area contributed by atoms with E-state index in [-0.39, 0.29) is 30.8 Å². The topological polar surface area (TPSA) is 65.1 Å². The quantitative estimate of drug-likeness (QED) is 0.395. The maximum atomic E-state index is 12.0. The molecule has 18 heavy (non-hydrogen) atoms. The molecule has 4 atom stereocenters. The molecule has 0 spiro atoms. The molecule has 0 saturated carbocycles. The van der Waals surface area contributed by atoms with Crippen molar-refractivity contribution in [2.45, 2.75) is 31.0 Å². The second kappa shape index (κ2) is 5.34. The smallest absolute Gasteiger partial charge is 0.317 e. The second-order valence-corrected chi connectivity index (χ2v) is 4.83. The van der Waals surface area contributed by atoms with Crippen LogP contribution in [0, 0.1) is 5.92 Å². The van der Waals surface area contributed by atoms with Gasteiger partial charge in [-0.25, -0.2) is 0 Å². The number of ketones is 1. The minimum absolute atomic E-state index is 0.0431. The number of carbonyl (C=O) groups is 2. The van der Waals surface area contributed by atoms with Crippen molar-refractivity contribution < 1.29 is 23.8 Å². The zero-order valence-corrected chi connectivity index (χ0v) is 10.9. The first kappa shape index (κ1) is 13.5. The standard InChI is InChI=1S/C12H19NO5/c1-13-7-4-8(14)10(12(15)17-3)11(13)9(5-7)18-6-16-2/h7,9-11H,4-6H2,1-3H3/t7?,9-,10+,11?/m1/s1. The average Bonchev–Trinajstić information content (AvgIpc) is 2.56. The molecule has 2 bridgehead atoms. The minimum atomic E-state index is -0.736. The number of rotatable bonds is 4. The molecule has 0 aromatic carbocycles. The van der Waals surface area contributed by atoms with Crippen LogP contribution in [0.1, 0.15) is 12.8 Å². The number of ether oxygens (including phenoxy) is 3. The Kier molecular flexibility index (Phi) is 3.99. The summed E-state index contributed by atoms with van der Waals surface area (Å²) >= 11 is 0. The molecule has 0 aromatic heterocycles. The maximum absolute atomic E-state index is 12.0. The van der Waals surface area contributed by atoms with Gasteiger partial charge in [-0.15, -0.1) is 0 Å². The van der Waals surface area contributed by atoms with Crippen LogP contribution in [0.4, 0.5) is 0 Å². The number of nitrogens with zero attached hydrogens (tertiary/aromatic N) is 1. The Morgan fingerprint density at radius 3 is 2.78 bits per heavy atom. The van der Waals surface area contributed by atoms with E-state index in [4.69, 9.17) is 14.2 Å². The molecular weight excluding hydrogens is 238 g/mol. The van der Waals surface area contributed by atoms with Crippen molar-refractivity contribution in [1.29, 1.82) is 0 Å². The van der Waals surface area contributed by atoms with Crippen LogP contribution in [-0.4, -0.2) is 62.9 Å². The monoisotopic (exact) mass is 257 g/mol. The Balaban J connectivity index is 2.19. The van der Waals surface area contributed by atoms with Gasteiger partial charge < -0.3 is 14.2 Å². The summed E-state index contributed by atoms with van der Waals surface area (Å²) in [6.07, 6.45) is 0.985. The van der Waals surface area contributed by atoms with Gasteiger partial charge in [0.1, 0.15) is 18.5 Å². The van der Waals surface area contributed by atoms with Gasteiger partial charge in [0.25, 0.3) is 0 Å². The first-order chi connectivity index (χ1) is 8.60. The summed E-state index contributed by atoms with van der Waals surface area (Å²) in [5.41, 5.74) is 0. The lowest BCUT2D eigenvalue weighted by molar-refractivity contribution is -0.158. The predicted octanol–water partition coefficient (Wildman–Crippen LogP) is -0.190. The Hall–Kier alpha value is -0.980. The third-order valence-electron chi connectivity index (χ3n) is 3.91. The summed E-state index contributed by atoms with van der Waals surface area (Å²) in [6, 6.07) is -0.0795. The van der Waals surface area contributed by atoms with E-state index in [1.54, 1.807) is 7.11 Å². The third kappa shape index (κ3) is 2.15. The highest BCUT2D eigenvalue weighted by atomic mass is 16.7. The van der Waals surface area contributed by atoms with E-state index < -0.39 is 11.9 Å². The van der Waals surface area contributed by atoms with E-state index in [0.717, 1.165) is 6.42 Å². The van der Waals surface area contributed by atoms with Gasteiger partial charge in [0.2, 0.25) is 0 Å². The van der Waals surface area contributed by atoms with E-state index in [0.29, 0.717) is 6.42 Å². The Labute approximate surface area is 106 Å². The molecule has 2 heterocycles. The van der Waals surface area contributed by atoms with Crippen LogP contribution in [0.2, 0.25) is 0 Å². The van der Waals surface area contributed by atoms with Gasteiger partial charge in [0.15, 0.2) is 0 Å². The molecule has 2 aliphatic heterocycles. The number of carbonyl (C=O) groups excluding carboxylic acids is 2. The molecule has 0 amide bonds. The van der Waals surface area contributed by atoms with Gasteiger partial charge in [-0.2, -0.15) is 0 Å². The zero-order chi connectivity index (χ0) is 13.3. The second-order valence-electron chi connectivity index (χ2n) is 4.83. The van der Waals surface area contributed by atoms with Crippen LogP contribution in [0.15, 0.2) is 0 Å². The number of hydrogen-bond donors (Lipinski definition) is 0. The maximum Gasteiger partial charge on any atom is 0.317 e. The number of methoxy groups -OCH3 is 2. The normalized spacial score (nSPS) is 35.8. The van der Waals surface area contributed by atoms with Crippen LogP contribution in [-0.2, 0) is 23.8 Å². The SMILES string of the molecule is COCO[C@@H]1CC2CC(=O)[C@H](C(=O)OC)C1N2C. The average molecular weight is 257 g/mol. The number of Topliss-reactive ketones (excluding diaryl/α,β-unsaturated/α-hetero) is 1. The fourth-order valence-electron chi connectivity index (χ4n) is 3.03. The largest absolute Gasteiger partial charge is 0.468 e. The van der Waals surface area contributed by atoms with Crippen molar-refractivity contribution in [2.24, 2.45) is 5.92 Å². The van der Waals surface area contributed by atoms with Gasteiger partial charge in [-0.05, 0) is 13.5 Å². The number of likely N-dealkylation sites (N-methyl/N-ethyl adjacent to an activating group) is 1. The molecule has 6 heteroatoms. The predicted molar refractivity (Wildman–Crippen MR) is 61.8 cm³/mol. The van der Waals surface area contributed by atoms with E-state index >= 15 is 0 Å². The molecule has 2 rings (SSSR count). The minimum Gasteiger partial charge on any atom is -0.468 e. The van der Waals surface area contributed by atoms with Crippen molar-refractivity contribution >= 4 is 11.8 Å². The van der Waals surface area contributed by atoms with Gasteiger partial charge >= 0.3 is 5.97 Å². The van der Waals surface area contributed by atoms with Crippen LogP contribution < -0.4 is 0 Å². The highest BCUT2D eigenvalue weighted by Crippen LogP contribution is 2.38. The molecule has 0 radical (unpaired) electrons. The van der Waals surface area contributed by atoms with Gasteiger partial charge in [0, 0.05) is 19.6 Å². The van der Waals surface area contributed by atoms with Crippen LogP contribution in [0.3, 0.4) is 0 Å². The van der Waals surface area contributed by atoms with Crippen molar-refractivity contribution in [1.82, 2.24) is 4.90 Å². The van der Waals surface area contributed by atoms with Crippen LogP contribution >= 0.6 is 0 Å². The van der Waals surface area contributed by atoms with Gasteiger partial charge in [0.05, 0.1) is 19.3 Å². The summed E-state index contributed by atoms with van der Waals surface area (Å²) in [6.45, 7) is 0.170. The first-order valence-corrected chi connectivity index (χ1v) is 6.03. The Bertz CT molecular complexity index is 345. The third-order valence-corrected chi connectivity index (χ3v) is 3.91. The van der Waals surface area contributed by atoms with E-state index in [9.17, 15) is 9.59 Å². The molecule has 6 nitrogen and oxygen atoms in total. The fraction of sp³-hybridized carbons (Fsp3) is 0.833. The lowest BCUT2D eigenvalue weighted by Gasteiger charge is -2.35. The lowest BCUT2D eigenvalue weighted by Crippen LogP contribution is -2.53. The van der Waals surface area contributed by atoms with Crippen LogP contribution in [0.5, 0.6) is 0 Å². The molecule has 0 N–H and O–H groups in total. The first-order valence-electron chi connectivity index (χ1n) is 6.03. The Morgan fingerprint density at radius 1 is 1.44 bits per heavy atom. The van der Waals surface area contributed by atoms with Crippen molar-refractivity contribution in [3.05, 3.63) is 0 Å². The van der Waals surface area contributed by atoms with E-state index in [1.165, 1.54) is 7.11 Å². The molecule has 2 unspecified atom stereocenters. The summed E-state index contributed by atoms with van der Waals surface area (Å²) < 4.78 is 15.2. The molecule has 2 fully saturated rings. The molecule has 2 aliphatic rings. The van der Waals surface area contributed by atoms with Crippen molar-refractivity contribution in [2.75, 3.05) is 28.1 Å². The van der Waals surface area contributed by atoms with Crippen molar-refractivity contribution in [3.8, 4) is 0 Å². The molecular formula is C12H19NO5.